The second kappa shape index (κ2) is 12.2. The minimum Gasteiger partial charge on any atom is -0.348 e. The van der Waals surface area contributed by atoms with Crippen molar-refractivity contribution in [3.63, 3.8) is 0 Å². The summed E-state index contributed by atoms with van der Waals surface area (Å²) in [6.45, 7) is 0. The average molecular weight is 715 g/mol. The van der Waals surface area contributed by atoms with Crippen molar-refractivity contribution in [2.45, 2.75) is 0 Å². The molecule has 0 bridgehead atoms. The second-order valence-electron chi connectivity index (χ2n) is 12.9. The minimum atomic E-state index is 0.397. The summed E-state index contributed by atoms with van der Waals surface area (Å²) in [5, 5.41) is 30.4. The van der Waals surface area contributed by atoms with Gasteiger partial charge in [0.15, 0.2) is 11.6 Å². The predicted octanol–water partition coefficient (Wildman–Crippen LogP) is 7.81. The molecule has 55 heavy (non-hydrogen) atoms. The van der Waals surface area contributed by atoms with Gasteiger partial charge < -0.3 is 9.97 Å². The van der Waals surface area contributed by atoms with Crippen LogP contribution in [0.25, 0.3) is 106 Å². The van der Waals surface area contributed by atoms with Crippen LogP contribution in [0.3, 0.4) is 0 Å². The van der Waals surface area contributed by atoms with E-state index < -0.39 is 0 Å². The second-order valence-corrected chi connectivity index (χ2v) is 12.9. The molecule has 0 saturated heterocycles. The number of aromatic amines is 4. The molecule has 0 aliphatic rings. The van der Waals surface area contributed by atoms with Gasteiger partial charge in [0.2, 0.25) is 0 Å². The van der Waals surface area contributed by atoms with Crippen LogP contribution in [0.2, 0.25) is 0 Å². The van der Waals surface area contributed by atoms with Gasteiger partial charge in [0.05, 0.1) is 39.7 Å². The molecule has 14 nitrogen and oxygen atoms in total. The number of nitrogens with one attached hydrogen (secondary N) is 4. The van der Waals surface area contributed by atoms with Crippen molar-refractivity contribution in [2.75, 3.05) is 0 Å². The normalized spacial score (nSPS) is 11.6. The quantitative estimate of drug-likeness (QED) is 0.128. The lowest BCUT2D eigenvalue weighted by Gasteiger charge is -2.20. The van der Waals surface area contributed by atoms with Crippen LogP contribution in [0.15, 0.2) is 134 Å². The highest BCUT2D eigenvalue weighted by molar-refractivity contribution is 6.23. The van der Waals surface area contributed by atoms with Crippen LogP contribution in [0.5, 0.6) is 0 Å². The number of hydrogen-bond acceptors (Lipinski definition) is 9. The van der Waals surface area contributed by atoms with E-state index in [-0.39, 0.29) is 0 Å². The van der Waals surface area contributed by atoms with Gasteiger partial charge in [-0.2, -0.15) is 0 Å². The van der Waals surface area contributed by atoms with Crippen LogP contribution in [-0.4, -0.2) is 70.5 Å². The topological polar surface area (TPSA) is 184 Å². The van der Waals surface area contributed by atoms with Crippen molar-refractivity contribution >= 4 is 32.7 Å². The van der Waals surface area contributed by atoms with Gasteiger partial charge in [0, 0.05) is 58.0 Å². The largest absolute Gasteiger partial charge is 0.348 e. The Morgan fingerprint density at radius 2 is 1.45 bits per heavy atom. The van der Waals surface area contributed by atoms with E-state index in [0.717, 1.165) is 55.3 Å². The molecule has 11 rings (SSSR count). The number of tetrazole rings is 1. The number of nitrogens with zero attached hydrogens (tertiary/aromatic N) is 10. The zero-order valence-corrected chi connectivity index (χ0v) is 28.7. The minimum absolute atomic E-state index is 0.397. The highest BCUT2D eigenvalue weighted by atomic mass is 15.5. The molecule has 0 saturated carbocycles. The summed E-state index contributed by atoms with van der Waals surface area (Å²) < 4.78 is 2.23. The Morgan fingerprint density at radius 3 is 2.25 bits per heavy atom. The molecule has 14 heteroatoms. The van der Waals surface area contributed by atoms with Gasteiger partial charge >= 0.3 is 0 Å². The number of pyridine rings is 1. The van der Waals surface area contributed by atoms with Gasteiger partial charge in [-0.05, 0) is 63.7 Å². The van der Waals surface area contributed by atoms with Crippen LogP contribution in [-0.2, 0) is 0 Å². The lowest BCUT2D eigenvalue weighted by Crippen LogP contribution is -2.04. The number of para-hydroxylation sites is 2. The number of H-pyrrole nitrogens is 4. The Labute approximate surface area is 310 Å². The van der Waals surface area contributed by atoms with E-state index in [9.17, 15) is 0 Å². The standard InChI is InChI=1S/C41H26N14/c1-2-12-24-23(10-1)11-7-13-25(24)37-36(40-47-26-14-3-4-15-27(26)48-40)33-35(39-44-20-9-21-45-39)31(28-16-5-6-18-42-28)34(41-50-53-54-51-41)32(29-22-46-52-49-29)38(33)55(37)30-17-8-19-43-30/h1-22,43H,(H,47,48)(H,46,49,52)(H,50,51,53,54). The molecule has 260 valence electrons. The Bertz CT molecular complexity index is 3090. The number of fused-ring (bicyclic) bond motifs is 3. The van der Waals surface area contributed by atoms with Crippen LogP contribution in [0.1, 0.15) is 0 Å². The third-order valence-corrected chi connectivity index (χ3v) is 9.87. The highest BCUT2D eigenvalue weighted by Crippen LogP contribution is 2.55. The molecule has 0 fully saturated rings. The molecular weight excluding hydrogens is 689 g/mol. The smallest absolute Gasteiger partial charge is 0.180 e. The van der Waals surface area contributed by atoms with Crippen LogP contribution in [0.4, 0.5) is 0 Å². The third-order valence-electron chi connectivity index (χ3n) is 9.87. The molecule has 0 radical (unpaired) electrons. The molecule has 0 spiro atoms. The fourth-order valence-electron chi connectivity index (χ4n) is 7.73. The fraction of sp³-hybridized carbons (Fsp3) is 0. The van der Waals surface area contributed by atoms with Crippen molar-refractivity contribution < 1.29 is 0 Å². The van der Waals surface area contributed by atoms with Crippen molar-refractivity contribution in [1.82, 2.24) is 70.5 Å². The summed E-state index contributed by atoms with van der Waals surface area (Å²) in [7, 11) is 0. The summed E-state index contributed by atoms with van der Waals surface area (Å²) in [6, 6.07) is 34.4. The Kier molecular flexibility index (Phi) is 6.78. The number of rotatable bonds is 7. The van der Waals surface area contributed by atoms with E-state index >= 15 is 0 Å². The Balaban J connectivity index is 1.50. The van der Waals surface area contributed by atoms with E-state index in [1.54, 1.807) is 30.9 Å². The summed E-state index contributed by atoms with van der Waals surface area (Å²) in [5.74, 6) is 2.32. The van der Waals surface area contributed by atoms with E-state index in [2.05, 4.69) is 93.0 Å². The molecule has 7 heterocycles. The first-order chi connectivity index (χ1) is 27.3. The first-order valence-electron chi connectivity index (χ1n) is 17.5. The lowest BCUT2D eigenvalue weighted by molar-refractivity contribution is 0.881. The molecule has 0 atom stereocenters. The third kappa shape index (κ3) is 4.71. The monoisotopic (exact) mass is 714 g/mol. The molecule has 4 N–H and O–H groups in total. The summed E-state index contributed by atoms with van der Waals surface area (Å²) in [4.78, 5) is 27.3. The zero-order valence-electron chi connectivity index (χ0n) is 28.7. The molecular formula is C41H26N14. The number of aromatic nitrogens is 14. The molecule has 7 aromatic heterocycles. The number of hydrogen-bond donors (Lipinski definition) is 4. The first kappa shape index (κ1) is 30.5. The number of imidazole rings is 1. The van der Waals surface area contributed by atoms with E-state index in [4.69, 9.17) is 19.9 Å². The Morgan fingerprint density at radius 1 is 0.600 bits per heavy atom. The molecule has 0 unspecified atom stereocenters. The molecule has 0 aliphatic heterocycles. The maximum atomic E-state index is 5.29. The van der Waals surface area contributed by atoms with Gasteiger partial charge in [0.1, 0.15) is 17.3 Å². The van der Waals surface area contributed by atoms with Crippen molar-refractivity contribution in [2.24, 2.45) is 0 Å². The molecule has 4 aromatic carbocycles. The zero-order chi connectivity index (χ0) is 36.3. The fourth-order valence-corrected chi connectivity index (χ4v) is 7.73. The molecule has 11 aromatic rings. The highest BCUT2D eigenvalue weighted by Gasteiger charge is 2.36. The average Bonchev–Trinajstić information content (AvgIpc) is 4.10. The van der Waals surface area contributed by atoms with Gasteiger partial charge in [-0.1, -0.05) is 65.9 Å². The maximum Gasteiger partial charge on any atom is 0.180 e. The van der Waals surface area contributed by atoms with Crippen molar-refractivity contribution in [1.29, 1.82) is 0 Å². The lowest BCUT2D eigenvalue weighted by atomic mass is 9.86. The molecule has 0 aliphatic carbocycles. The van der Waals surface area contributed by atoms with Crippen molar-refractivity contribution in [3.8, 4) is 73.8 Å². The Hall–Kier alpha value is -8.13. The van der Waals surface area contributed by atoms with E-state index in [1.165, 1.54) is 0 Å². The summed E-state index contributed by atoms with van der Waals surface area (Å²) in [5.41, 5.74) is 9.10. The predicted molar refractivity (Wildman–Crippen MR) is 208 cm³/mol. The number of benzene rings is 4. The van der Waals surface area contributed by atoms with Gasteiger partial charge in [-0.3, -0.25) is 14.6 Å². The summed E-state index contributed by atoms with van der Waals surface area (Å²) in [6.07, 6.45) is 8.93. The van der Waals surface area contributed by atoms with Gasteiger partial charge in [0.25, 0.3) is 0 Å². The van der Waals surface area contributed by atoms with Gasteiger partial charge in [-0.15, -0.1) is 10.2 Å². The van der Waals surface area contributed by atoms with Crippen LogP contribution >= 0.6 is 0 Å². The van der Waals surface area contributed by atoms with E-state index in [0.29, 0.717) is 51.1 Å². The van der Waals surface area contributed by atoms with E-state index in [1.807, 2.05) is 60.8 Å². The maximum absolute atomic E-state index is 5.29. The van der Waals surface area contributed by atoms with Crippen LogP contribution in [0, 0.1) is 0 Å². The van der Waals surface area contributed by atoms with Crippen molar-refractivity contribution in [3.05, 3.63) is 134 Å². The van der Waals surface area contributed by atoms with Gasteiger partial charge in [-0.25, -0.2) is 20.1 Å². The SMILES string of the molecule is c1ccc(-c2c(-c3nnn[nH]3)c(-c3c[nH]nn3)c3c(c2-c2ncccn2)c(-c2nc4ccccc4[nH]2)c(-c2cccc4ccccc24)n3-c2ccc[nH]2)nc1. The molecule has 0 amide bonds. The first-order valence-corrected chi connectivity index (χ1v) is 17.5. The van der Waals surface area contributed by atoms with Crippen LogP contribution < -0.4 is 0 Å². The summed E-state index contributed by atoms with van der Waals surface area (Å²) >= 11 is 0.